The lowest BCUT2D eigenvalue weighted by molar-refractivity contribution is -0.121. The van der Waals surface area contributed by atoms with Crippen molar-refractivity contribution in [1.82, 2.24) is 5.32 Å². The van der Waals surface area contributed by atoms with Crippen molar-refractivity contribution in [1.29, 1.82) is 0 Å². The molecule has 0 aliphatic carbocycles. The maximum atomic E-state index is 11.0. The molecule has 0 fully saturated rings. The lowest BCUT2D eigenvalue weighted by atomic mass is 10.1. The van der Waals surface area contributed by atoms with E-state index in [0.29, 0.717) is 18.9 Å². The van der Waals surface area contributed by atoms with Crippen LogP contribution in [0.2, 0.25) is 0 Å². The predicted octanol–water partition coefficient (Wildman–Crippen LogP) is 0.886. The minimum Gasteiger partial charge on any atom is -0.354 e. The van der Waals surface area contributed by atoms with Crippen molar-refractivity contribution < 1.29 is 4.79 Å². The van der Waals surface area contributed by atoms with Crippen LogP contribution >= 0.6 is 0 Å². The summed E-state index contributed by atoms with van der Waals surface area (Å²) < 4.78 is 0. The van der Waals surface area contributed by atoms with Gasteiger partial charge in [0.25, 0.3) is 0 Å². The molecule has 12 heavy (non-hydrogen) atoms. The van der Waals surface area contributed by atoms with Crippen LogP contribution in [0.15, 0.2) is 0 Å². The molecular weight excluding hydrogens is 152 g/mol. The Morgan fingerprint density at radius 2 is 2.00 bits per heavy atom. The van der Waals surface area contributed by atoms with Gasteiger partial charge in [0.2, 0.25) is 5.91 Å². The second-order valence-electron chi connectivity index (χ2n) is 3.64. The summed E-state index contributed by atoms with van der Waals surface area (Å²) in [6.45, 7) is 6.74. The number of rotatable bonds is 5. The molecule has 0 bridgehead atoms. The summed E-state index contributed by atoms with van der Waals surface area (Å²) in [6.07, 6.45) is 1.46. The van der Waals surface area contributed by atoms with Gasteiger partial charge in [-0.1, -0.05) is 13.8 Å². The fourth-order valence-electron chi connectivity index (χ4n) is 1.24. The van der Waals surface area contributed by atoms with Crippen LogP contribution in [0, 0.1) is 5.92 Å². The molecule has 0 aliphatic heterocycles. The third-order valence-electron chi connectivity index (χ3n) is 1.60. The summed E-state index contributed by atoms with van der Waals surface area (Å²) in [6, 6.07) is 0.268. The number of nitrogens with one attached hydrogen (secondary N) is 1. The van der Waals surface area contributed by atoms with Gasteiger partial charge in [-0.25, -0.2) is 0 Å². The van der Waals surface area contributed by atoms with Gasteiger partial charge in [-0.3, -0.25) is 4.79 Å². The Morgan fingerprint density at radius 3 is 2.42 bits per heavy atom. The fourth-order valence-corrected chi connectivity index (χ4v) is 1.24. The Labute approximate surface area is 74.7 Å². The normalized spacial score (nSPS) is 13.1. The van der Waals surface area contributed by atoms with E-state index in [0.717, 1.165) is 6.42 Å². The molecular formula is C9H20N2O. The molecule has 0 radical (unpaired) electrons. The molecule has 0 spiro atoms. The van der Waals surface area contributed by atoms with Crippen LogP contribution in [0.1, 0.15) is 33.6 Å². The van der Waals surface area contributed by atoms with Crippen LogP contribution in [-0.4, -0.2) is 18.5 Å². The molecule has 0 aromatic heterocycles. The maximum Gasteiger partial charge on any atom is 0.221 e. The van der Waals surface area contributed by atoms with Crippen molar-refractivity contribution in [3.8, 4) is 0 Å². The molecule has 0 saturated heterocycles. The first-order chi connectivity index (χ1) is 5.56. The average Bonchev–Trinajstić information content (AvgIpc) is 1.84. The minimum atomic E-state index is 0.0608. The van der Waals surface area contributed by atoms with Crippen LogP contribution in [-0.2, 0) is 4.79 Å². The maximum absolute atomic E-state index is 11.0. The van der Waals surface area contributed by atoms with Crippen LogP contribution in [0.25, 0.3) is 0 Å². The number of amides is 1. The van der Waals surface area contributed by atoms with E-state index in [1.165, 1.54) is 0 Å². The predicted molar refractivity (Wildman–Crippen MR) is 50.7 cm³/mol. The van der Waals surface area contributed by atoms with Gasteiger partial charge in [0.15, 0.2) is 0 Å². The van der Waals surface area contributed by atoms with E-state index < -0.39 is 0 Å². The van der Waals surface area contributed by atoms with E-state index in [9.17, 15) is 4.79 Å². The Bertz CT molecular complexity index is 134. The second-order valence-corrected chi connectivity index (χ2v) is 3.64. The van der Waals surface area contributed by atoms with Crippen molar-refractivity contribution in [3.05, 3.63) is 0 Å². The molecule has 0 aliphatic rings. The third kappa shape index (κ3) is 6.16. The Morgan fingerprint density at radius 1 is 1.42 bits per heavy atom. The Hall–Kier alpha value is -0.570. The zero-order valence-corrected chi connectivity index (χ0v) is 8.26. The molecule has 0 aromatic carbocycles. The van der Waals surface area contributed by atoms with Crippen molar-refractivity contribution in [2.75, 3.05) is 6.54 Å². The summed E-state index contributed by atoms with van der Waals surface area (Å²) in [5, 5.41) is 2.89. The number of carbonyl (C=O) groups excluding carboxylic acids is 1. The quantitative estimate of drug-likeness (QED) is 0.647. The fraction of sp³-hybridized carbons (Fsp3) is 0.889. The van der Waals surface area contributed by atoms with Gasteiger partial charge < -0.3 is 11.1 Å². The highest BCUT2D eigenvalue weighted by atomic mass is 16.1. The molecule has 1 unspecified atom stereocenters. The minimum absolute atomic E-state index is 0.0608. The molecule has 1 amide bonds. The highest BCUT2D eigenvalue weighted by molar-refractivity contribution is 5.76. The van der Waals surface area contributed by atoms with Crippen LogP contribution < -0.4 is 11.1 Å². The molecule has 0 rings (SSSR count). The van der Waals surface area contributed by atoms with Gasteiger partial charge in [0, 0.05) is 19.0 Å². The zero-order chi connectivity index (χ0) is 9.56. The molecule has 3 nitrogen and oxygen atoms in total. The third-order valence-corrected chi connectivity index (χ3v) is 1.60. The van der Waals surface area contributed by atoms with E-state index in [-0.39, 0.29) is 11.9 Å². The Kier molecular flexibility index (Phi) is 5.72. The van der Waals surface area contributed by atoms with E-state index in [1.807, 2.05) is 6.92 Å². The lowest BCUT2D eigenvalue weighted by Gasteiger charge is -2.15. The van der Waals surface area contributed by atoms with Crippen molar-refractivity contribution in [3.63, 3.8) is 0 Å². The number of nitrogens with two attached hydrogens (primary N) is 1. The summed E-state index contributed by atoms with van der Waals surface area (Å²) in [7, 11) is 0. The molecule has 0 heterocycles. The van der Waals surface area contributed by atoms with E-state index in [2.05, 4.69) is 19.2 Å². The molecule has 0 saturated carbocycles. The first-order valence-corrected chi connectivity index (χ1v) is 4.55. The number of hydrogen-bond donors (Lipinski definition) is 2. The topological polar surface area (TPSA) is 55.1 Å². The van der Waals surface area contributed by atoms with Crippen LogP contribution in [0.5, 0.6) is 0 Å². The number of carbonyl (C=O) groups is 1. The Balaban J connectivity index is 3.54. The highest BCUT2D eigenvalue weighted by Gasteiger charge is 2.07. The first-order valence-electron chi connectivity index (χ1n) is 4.55. The van der Waals surface area contributed by atoms with Crippen molar-refractivity contribution in [2.45, 2.75) is 39.7 Å². The van der Waals surface area contributed by atoms with E-state index in [4.69, 9.17) is 5.73 Å². The first kappa shape index (κ1) is 11.4. The smallest absolute Gasteiger partial charge is 0.221 e. The van der Waals surface area contributed by atoms with E-state index in [1.54, 1.807) is 0 Å². The van der Waals surface area contributed by atoms with Crippen LogP contribution in [0.4, 0.5) is 0 Å². The zero-order valence-electron chi connectivity index (χ0n) is 8.26. The largest absolute Gasteiger partial charge is 0.354 e. The molecule has 1 atom stereocenters. The summed E-state index contributed by atoms with van der Waals surface area (Å²) in [5.74, 6) is 0.684. The van der Waals surface area contributed by atoms with Crippen molar-refractivity contribution >= 4 is 5.91 Å². The highest BCUT2D eigenvalue weighted by Crippen LogP contribution is 2.03. The average molecular weight is 172 g/mol. The summed E-state index contributed by atoms with van der Waals surface area (Å²) in [5.41, 5.74) is 5.25. The van der Waals surface area contributed by atoms with Gasteiger partial charge in [-0.05, 0) is 19.3 Å². The summed E-state index contributed by atoms with van der Waals surface area (Å²) >= 11 is 0. The monoisotopic (exact) mass is 172 g/mol. The number of hydrogen-bond acceptors (Lipinski definition) is 2. The van der Waals surface area contributed by atoms with Gasteiger partial charge in [-0.2, -0.15) is 0 Å². The van der Waals surface area contributed by atoms with E-state index >= 15 is 0 Å². The molecule has 3 N–H and O–H groups in total. The SMILES string of the molecule is CC(C)CC(C)NC(=O)CCN. The lowest BCUT2D eigenvalue weighted by Crippen LogP contribution is -2.34. The standard InChI is InChI=1S/C9H20N2O/c1-7(2)6-8(3)11-9(12)4-5-10/h7-8H,4-6,10H2,1-3H3,(H,11,12). The molecule has 72 valence electrons. The van der Waals surface area contributed by atoms with Gasteiger partial charge in [0.1, 0.15) is 0 Å². The van der Waals surface area contributed by atoms with Gasteiger partial charge in [0.05, 0.1) is 0 Å². The summed E-state index contributed by atoms with van der Waals surface area (Å²) in [4.78, 5) is 11.0. The molecule has 0 aromatic rings. The van der Waals surface area contributed by atoms with Gasteiger partial charge >= 0.3 is 0 Å². The van der Waals surface area contributed by atoms with Crippen molar-refractivity contribution in [2.24, 2.45) is 11.7 Å². The van der Waals surface area contributed by atoms with Gasteiger partial charge in [-0.15, -0.1) is 0 Å². The van der Waals surface area contributed by atoms with Crippen LogP contribution in [0.3, 0.4) is 0 Å². The second kappa shape index (κ2) is 6.00. The molecule has 3 heteroatoms.